The number of ether oxygens (including phenoxy) is 1. The van der Waals surface area contributed by atoms with E-state index in [-0.39, 0.29) is 5.84 Å². The first-order valence-corrected chi connectivity index (χ1v) is 5.38. The lowest BCUT2D eigenvalue weighted by atomic mass is 10.2. The maximum Gasteiger partial charge on any atom is 0.377 e. The zero-order valence-electron chi connectivity index (χ0n) is 9.51. The van der Waals surface area contributed by atoms with E-state index in [4.69, 9.17) is 4.74 Å². The Morgan fingerprint density at radius 3 is 2.88 bits per heavy atom. The summed E-state index contributed by atoms with van der Waals surface area (Å²) < 4.78 is 4.83. The Balaban J connectivity index is 1.87. The summed E-state index contributed by atoms with van der Waals surface area (Å²) in [5.41, 5.74) is 6.63. The van der Waals surface area contributed by atoms with Crippen LogP contribution in [0.1, 0.15) is 12.5 Å². The summed E-state index contributed by atoms with van der Waals surface area (Å²) in [7, 11) is 0. The molecule has 6 heteroatoms. The lowest BCUT2D eigenvalue weighted by Gasteiger charge is -2.15. The van der Waals surface area contributed by atoms with Crippen LogP contribution in [0.2, 0.25) is 0 Å². The predicted molar refractivity (Wildman–Crippen MR) is 62.3 cm³/mol. The predicted octanol–water partition coefficient (Wildman–Crippen LogP) is 0.388. The molecule has 0 radical (unpaired) electrons. The second kappa shape index (κ2) is 5.31. The first kappa shape index (κ1) is 11.4. The van der Waals surface area contributed by atoms with E-state index in [2.05, 4.69) is 16.1 Å². The second-order valence-corrected chi connectivity index (χ2v) is 3.46. The minimum absolute atomic E-state index is 0.169. The van der Waals surface area contributed by atoms with Gasteiger partial charge in [0.15, 0.2) is 0 Å². The molecule has 0 bridgehead atoms. The molecule has 1 aromatic carbocycles. The molecular weight excluding hydrogens is 220 g/mol. The highest BCUT2D eigenvalue weighted by Gasteiger charge is 2.21. The Morgan fingerprint density at radius 2 is 2.18 bits per heavy atom. The molecule has 0 unspecified atom stereocenters. The van der Waals surface area contributed by atoms with Crippen molar-refractivity contribution in [3.8, 4) is 0 Å². The SMILES string of the molecule is CCOC(=O)C1=NNN(Cc2ccccc2)N1. The highest BCUT2D eigenvalue weighted by atomic mass is 16.5. The average Bonchev–Trinajstić information content (AvgIpc) is 2.79. The molecule has 0 amide bonds. The fourth-order valence-corrected chi connectivity index (χ4v) is 1.42. The third kappa shape index (κ3) is 2.94. The van der Waals surface area contributed by atoms with Crippen LogP contribution in [0.5, 0.6) is 0 Å². The third-order valence-electron chi connectivity index (χ3n) is 2.18. The first-order valence-electron chi connectivity index (χ1n) is 5.38. The van der Waals surface area contributed by atoms with Crippen LogP contribution in [0.25, 0.3) is 0 Å². The standard InChI is InChI=1S/C11H14N4O2/c1-2-17-11(16)10-12-14-15(13-10)8-9-6-4-3-5-7-9/h3-7,14H,2,8H2,1H3,(H,12,13). The maximum absolute atomic E-state index is 11.4. The van der Waals surface area contributed by atoms with Crippen molar-refractivity contribution >= 4 is 11.8 Å². The molecule has 90 valence electrons. The summed E-state index contributed by atoms with van der Waals surface area (Å²) in [6, 6.07) is 9.85. The summed E-state index contributed by atoms with van der Waals surface area (Å²) in [6.07, 6.45) is 0. The number of benzene rings is 1. The Kier molecular flexibility index (Phi) is 3.56. The zero-order chi connectivity index (χ0) is 12.1. The van der Waals surface area contributed by atoms with Gasteiger partial charge in [-0.05, 0) is 12.5 Å². The molecule has 0 saturated carbocycles. The van der Waals surface area contributed by atoms with Gasteiger partial charge in [-0.3, -0.25) is 5.43 Å². The van der Waals surface area contributed by atoms with Crippen molar-refractivity contribution in [3.05, 3.63) is 35.9 Å². The number of carbonyl (C=O) groups excluding carboxylic acids is 1. The lowest BCUT2D eigenvalue weighted by Crippen LogP contribution is -2.43. The van der Waals surface area contributed by atoms with E-state index in [0.717, 1.165) is 5.56 Å². The summed E-state index contributed by atoms with van der Waals surface area (Å²) >= 11 is 0. The van der Waals surface area contributed by atoms with Crippen molar-refractivity contribution in [2.24, 2.45) is 5.10 Å². The van der Waals surface area contributed by atoms with Gasteiger partial charge in [0.25, 0.3) is 0 Å². The van der Waals surface area contributed by atoms with Crippen molar-refractivity contribution < 1.29 is 9.53 Å². The fourth-order valence-electron chi connectivity index (χ4n) is 1.42. The Morgan fingerprint density at radius 1 is 1.41 bits per heavy atom. The number of nitrogens with zero attached hydrogens (tertiary/aromatic N) is 2. The molecule has 6 nitrogen and oxygen atoms in total. The Labute approximate surface area is 99.2 Å². The van der Waals surface area contributed by atoms with E-state index >= 15 is 0 Å². The lowest BCUT2D eigenvalue weighted by molar-refractivity contribution is -0.135. The monoisotopic (exact) mass is 234 g/mol. The number of hydrazone groups is 1. The van der Waals surface area contributed by atoms with Gasteiger partial charge in [0, 0.05) is 0 Å². The molecule has 17 heavy (non-hydrogen) atoms. The summed E-state index contributed by atoms with van der Waals surface area (Å²) in [6.45, 7) is 2.67. The van der Waals surface area contributed by atoms with Crippen LogP contribution in [0.4, 0.5) is 0 Å². The van der Waals surface area contributed by atoms with E-state index in [9.17, 15) is 4.79 Å². The molecule has 1 aliphatic rings. The zero-order valence-corrected chi connectivity index (χ0v) is 9.51. The van der Waals surface area contributed by atoms with Gasteiger partial charge in [-0.25, -0.2) is 10.3 Å². The molecular formula is C11H14N4O2. The Bertz CT molecular complexity index is 419. The average molecular weight is 234 g/mol. The molecule has 0 aromatic heterocycles. The molecule has 2 N–H and O–H groups in total. The maximum atomic E-state index is 11.4. The van der Waals surface area contributed by atoms with E-state index in [0.29, 0.717) is 13.2 Å². The summed E-state index contributed by atoms with van der Waals surface area (Å²) in [5.74, 6) is -0.293. The summed E-state index contributed by atoms with van der Waals surface area (Å²) in [5, 5.41) is 5.45. The van der Waals surface area contributed by atoms with Gasteiger partial charge in [-0.15, -0.1) is 10.2 Å². The van der Waals surface area contributed by atoms with Crippen LogP contribution in [-0.2, 0) is 16.1 Å². The van der Waals surface area contributed by atoms with Crippen molar-refractivity contribution in [2.75, 3.05) is 6.61 Å². The van der Waals surface area contributed by atoms with Gasteiger partial charge in [-0.1, -0.05) is 30.3 Å². The van der Waals surface area contributed by atoms with Crippen molar-refractivity contribution in [3.63, 3.8) is 0 Å². The molecule has 1 aliphatic heterocycles. The van der Waals surface area contributed by atoms with Gasteiger partial charge in [0.2, 0.25) is 5.84 Å². The number of esters is 1. The number of hydrogen-bond acceptors (Lipinski definition) is 6. The van der Waals surface area contributed by atoms with E-state index in [1.807, 2.05) is 30.3 Å². The largest absolute Gasteiger partial charge is 0.460 e. The minimum atomic E-state index is -0.462. The number of hydrogen-bond donors (Lipinski definition) is 2. The number of amidine groups is 1. The van der Waals surface area contributed by atoms with E-state index in [1.165, 1.54) is 0 Å². The van der Waals surface area contributed by atoms with Crippen molar-refractivity contribution in [2.45, 2.75) is 13.5 Å². The summed E-state index contributed by atoms with van der Waals surface area (Å²) in [4.78, 5) is 11.4. The van der Waals surface area contributed by atoms with Crippen molar-refractivity contribution in [1.29, 1.82) is 0 Å². The van der Waals surface area contributed by atoms with Gasteiger partial charge in [-0.2, -0.15) is 0 Å². The first-order chi connectivity index (χ1) is 8.29. The highest BCUT2D eigenvalue weighted by molar-refractivity contribution is 6.35. The Hall–Kier alpha value is -2.08. The molecule has 0 fully saturated rings. The molecule has 0 saturated heterocycles. The third-order valence-corrected chi connectivity index (χ3v) is 2.18. The van der Waals surface area contributed by atoms with Crippen LogP contribution in [0.3, 0.4) is 0 Å². The molecule has 1 heterocycles. The van der Waals surface area contributed by atoms with Gasteiger partial charge >= 0.3 is 5.97 Å². The second-order valence-electron chi connectivity index (χ2n) is 3.46. The number of rotatable bonds is 4. The van der Waals surface area contributed by atoms with Crippen LogP contribution in [0, 0.1) is 0 Å². The molecule has 0 spiro atoms. The smallest absolute Gasteiger partial charge is 0.377 e. The van der Waals surface area contributed by atoms with Crippen LogP contribution < -0.4 is 11.0 Å². The van der Waals surface area contributed by atoms with Gasteiger partial charge < -0.3 is 4.74 Å². The van der Waals surface area contributed by atoms with Crippen LogP contribution in [0.15, 0.2) is 35.4 Å². The van der Waals surface area contributed by atoms with Gasteiger partial charge in [0.1, 0.15) is 0 Å². The number of carbonyl (C=O) groups is 1. The normalized spacial score (nSPS) is 14.8. The number of hydrazine groups is 2. The number of nitrogens with one attached hydrogen (secondary N) is 2. The minimum Gasteiger partial charge on any atom is -0.460 e. The van der Waals surface area contributed by atoms with Crippen LogP contribution in [-0.4, -0.2) is 23.5 Å². The molecule has 2 rings (SSSR count). The van der Waals surface area contributed by atoms with Crippen molar-refractivity contribution in [1.82, 2.24) is 16.1 Å². The fraction of sp³-hybridized carbons (Fsp3) is 0.273. The van der Waals surface area contributed by atoms with E-state index in [1.54, 1.807) is 12.0 Å². The molecule has 1 aromatic rings. The molecule has 0 atom stereocenters. The van der Waals surface area contributed by atoms with E-state index < -0.39 is 5.97 Å². The van der Waals surface area contributed by atoms with Gasteiger partial charge in [0.05, 0.1) is 13.2 Å². The van der Waals surface area contributed by atoms with Crippen LogP contribution >= 0.6 is 0 Å². The quantitative estimate of drug-likeness (QED) is 0.738. The highest BCUT2D eigenvalue weighted by Crippen LogP contribution is 2.02. The topological polar surface area (TPSA) is 66.0 Å². The molecule has 0 aliphatic carbocycles.